The number of thiophene rings is 1. The van der Waals surface area contributed by atoms with E-state index >= 15 is 0 Å². The van der Waals surface area contributed by atoms with Crippen molar-refractivity contribution in [2.24, 2.45) is 0 Å². The lowest BCUT2D eigenvalue weighted by molar-refractivity contribution is 0.0601. The Morgan fingerprint density at radius 2 is 2.10 bits per heavy atom. The SMILES string of the molecule is COC(=O)c1cc(F)ccc1NC(=O)c1sccc1Br. The molecule has 0 aliphatic heterocycles. The van der Waals surface area contributed by atoms with Crippen LogP contribution in [0.3, 0.4) is 0 Å². The van der Waals surface area contributed by atoms with Gasteiger partial charge in [-0.2, -0.15) is 0 Å². The van der Waals surface area contributed by atoms with Gasteiger partial charge in [-0.15, -0.1) is 11.3 Å². The summed E-state index contributed by atoms with van der Waals surface area (Å²) in [5.74, 6) is -1.69. The molecule has 0 radical (unpaired) electrons. The van der Waals surface area contributed by atoms with Crippen molar-refractivity contribution in [1.29, 1.82) is 0 Å². The minimum absolute atomic E-state index is 0.0338. The Morgan fingerprint density at radius 3 is 2.70 bits per heavy atom. The van der Waals surface area contributed by atoms with Crippen LogP contribution in [0.4, 0.5) is 10.1 Å². The van der Waals surface area contributed by atoms with Crippen molar-refractivity contribution < 1.29 is 18.7 Å². The topological polar surface area (TPSA) is 55.4 Å². The zero-order chi connectivity index (χ0) is 14.7. The molecule has 1 amide bonds. The van der Waals surface area contributed by atoms with Crippen LogP contribution in [0, 0.1) is 5.82 Å². The molecule has 104 valence electrons. The van der Waals surface area contributed by atoms with Crippen LogP contribution in [0.1, 0.15) is 20.0 Å². The van der Waals surface area contributed by atoms with Crippen LogP contribution in [-0.4, -0.2) is 19.0 Å². The molecular formula is C13H9BrFNO3S. The fourth-order valence-electron chi connectivity index (χ4n) is 1.54. The molecule has 0 spiro atoms. The van der Waals surface area contributed by atoms with E-state index in [9.17, 15) is 14.0 Å². The average molecular weight is 358 g/mol. The van der Waals surface area contributed by atoms with Crippen molar-refractivity contribution in [2.45, 2.75) is 0 Å². The molecule has 4 nitrogen and oxygen atoms in total. The maximum absolute atomic E-state index is 13.2. The molecule has 0 aliphatic carbocycles. The van der Waals surface area contributed by atoms with E-state index in [0.717, 1.165) is 12.1 Å². The van der Waals surface area contributed by atoms with Crippen molar-refractivity contribution in [3.8, 4) is 0 Å². The highest BCUT2D eigenvalue weighted by Crippen LogP contribution is 2.25. The number of hydrogen-bond donors (Lipinski definition) is 1. The summed E-state index contributed by atoms with van der Waals surface area (Å²) in [6.07, 6.45) is 0. The van der Waals surface area contributed by atoms with E-state index in [0.29, 0.717) is 9.35 Å². The average Bonchev–Trinajstić information content (AvgIpc) is 2.86. The number of hydrogen-bond acceptors (Lipinski definition) is 4. The number of methoxy groups -OCH3 is 1. The third-order valence-electron chi connectivity index (χ3n) is 2.46. The standard InChI is InChI=1S/C13H9BrFNO3S/c1-19-13(18)8-6-7(15)2-3-10(8)16-12(17)11-9(14)4-5-20-11/h2-6H,1H3,(H,16,17). The molecule has 1 aromatic carbocycles. The number of nitrogens with one attached hydrogen (secondary N) is 1. The van der Waals surface area contributed by atoms with Gasteiger partial charge in [-0.1, -0.05) is 0 Å². The largest absolute Gasteiger partial charge is 0.465 e. The Kier molecular flexibility index (Phi) is 4.51. The van der Waals surface area contributed by atoms with Gasteiger partial charge in [0.1, 0.15) is 10.7 Å². The molecule has 0 fully saturated rings. The molecule has 0 saturated carbocycles. The molecule has 1 aromatic heterocycles. The first kappa shape index (κ1) is 14.7. The number of rotatable bonds is 3. The first-order chi connectivity index (χ1) is 9.52. The number of benzene rings is 1. The van der Waals surface area contributed by atoms with E-state index in [1.54, 1.807) is 11.4 Å². The normalized spacial score (nSPS) is 10.2. The van der Waals surface area contributed by atoms with Gasteiger partial charge in [-0.3, -0.25) is 4.79 Å². The van der Waals surface area contributed by atoms with Gasteiger partial charge in [0, 0.05) is 4.47 Å². The molecule has 2 rings (SSSR count). The molecule has 0 aliphatic rings. The molecule has 20 heavy (non-hydrogen) atoms. The summed E-state index contributed by atoms with van der Waals surface area (Å²) in [7, 11) is 1.19. The Bertz CT molecular complexity index is 671. The van der Waals surface area contributed by atoms with Crippen molar-refractivity contribution >= 4 is 44.8 Å². The van der Waals surface area contributed by atoms with Gasteiger partial charge in [0.25, 0.3) is 5.91 Å². The summed E-state index contributed by atoms with van der Waals surface area (Å²) in [5, 5.41) is 4.33. The lowest BCUT2D eigenvalue weighted by Gasteiger charge is -2.09. The van der Waals surface area contributed by atoms with Crippen LogP contribution in [0.15, 0.2) is 34.1 Å². The van der Waals surface area contributed by atoms with Crippen molar-refractivity contribution in [3.63, 3.8) is 0 Å². The summed E-state index contributed by atoms with van der Waals surface area (Å²) < 4.78 is 18.4. The van der Waals surface area contributed by atoms with Gasteiger partial charge in [0.2, 0.25) is 0 Å². The molecular weight excluding hydrogens is 349 g/mol. The number of ether oxygens (including phenoxy) is 1. The van der Waals surface area contributed by atoms with Crippen LogP contribution < -0.4 is 5.32 Å². The fourth-order valence-corrected chi connectivity index (χ4v) is 2.99. The van der Waals surface area contributed by atoms with Crippen LogP contribution in [0.5, 0.6) is 0 Å². The van der Waals surface area contributed by atoms with Crippen molar-refractivity contribution in [1.82, 2.24) is 0 Å². The fraction of sp³-hybridized carbons (Fsp3) is 0.0769. The first-order valence-electron chi connectivity index (χ1n) is 5.45. The zero-order valence-corrected chi connectivity index (χ0v) is 12.7. The van der Waals surface area contributed by atoms with Gasteiger partial charge < -0.3 is 10.1 Å². The third kappa shape index (κ3) is 3.05. The number of carbonyl (C=O) groups excluding carboxylic acids is 2. The molecule has 2 aromatic rings. The maximum atomic E-state index is 13.2. The highest BCUT2D eigenvalue weighted by atomic mass is 79.9. The first-order valence-corrected chi connectivity index (χ1v) is 7.12. The van der Waals surface area contributed by atoms with Crippen LogP contribution in [0.2, 0.25) is 0 Å². The molecule has 1 N–H and O–H groups in total. The molecule has 0 bridgehead atoms. The Hall–Kier alpha value is -1.73. The molecule has 7 heteroatoms. The molecule has 0 unspecified atom stereocenters. The highest BCUT2D eigenvalue weighted by molar-refractivity contribution is 9.10. The second-order valence-corrected chi connectivity index (χ2v) is 5.50. The predicted octanol–water partition coefficient (Wildman–Crippen LogP) is 3.69. The van der Waals surface area contributed by atoms with Crippen molar-refractivity contribution in [2.75, 3.05) is 12.4 Å². The van der Waals surface area contributed by atoms with Gasteiger partial charge >= 0.3 is 5.97 Å². The van der Waals surface area contributed by atoms with Crippen LogP contribution in [-0.2, 0) is 4.74 Å². The molecule has 0 saturated heterocycles. The quantitative estimate of drug-likeness (QED) is 0.852. The lowest BCUT2D eigenvalue weighted by Crippen LogP contribution is -2.15. The van der Waals surface area contributed by atoms with Crippen LogP contribution in [0.25, 0.3) is 0 Å². The monoisotopic (exact) mass is 357 g/mol. The summed E-state index contributed by atoms with van der Waals surface area (Å²) in [5.41, 5.74) is 0.164. The second kappa shape index (κ2) is 6.15. The van der Waals surface area contributed by atoms with Gasteiger partial charge in [-0.25, -0.2) is 9.18 Å². The Labute approximate surface area is 126 Å². The number of anilines is 1. The van der Waals surface area contributed by atoms with E-state index in [4.69, 9.17) is 0 Å². The summed E-state index contributed by atoms with van der Waals surface area (Å²) >= 11 is 4.50. The highest BCUT2D eigenvalue weighted by Gasteiger charge is 2.17. The summed E-state index contributed by atoms with van der Waals surface area (Å²) in [6.45, 7) is 0. The lowest BCUT2D eigenvalue weighted by atomic mass is 10.1. The minimum Gasteiger partial charge on any atom is -0.465 e. The zero-order valence-electron chi connectivity index (χ0n) is 10.3. The van der Waals surface area contributed by atoms with Crippen LogP contribution >= 0.6 is 27.3 Å². The second-order valence-electron chi connectivity index (χ2n) is 3.73. The number of amides is 1. The Morgan fingerprint density at radius 1 is 1.35 bits per heavy atom. The third-order valence-corrected chi connectivity index (χ3v) is 4.29. The van der Waals surface area contributed by atoms with Gasteiger partial charge in [-0.05, 0) is 45.6 Å². The maximum Gasteiger partial charge on any atom is 0.340 e. The number of esters is 1. The predicted molar refractivity (Wildman–Crippen MR) is 77.7 cm³/mol. The van der Waals surface area contributed by atoms with E-state index in [-0.39, 0.29) is 17.2 Å². The van der Waals surface area contributed by atoms with E-state index < -0.39 is 11.8 Å². The van der Waals surface area contributed by atoms with Crippen molar-refractivity contribution in [3.05, 3.63) is 50.4 Å². The summed E-state index contributed by atoms with van der Waals surface area (Å²) in [6, 6.07) is 5.24. The minimum atomic E-state index is -0.718. The molecule has 0 atom stereocenters. The van der Waals surface area contributed by atoms with Gasteiger partial charge in [0.15, 0.2) is 0 Å². The van der Waals surface area contributed by atoms with E-state index in [1.165, 1.54) is 24.5 Å². The van der Waals surface area contributed by atoms with Gasteiger partial charge in [0.05, 0.1) is 18.4 Å². The molecule has 1 heterocycles. The smallest absolute Gasteiger partial charge is 0.340 e. The number of carbonyl (C=O) groups is 2. The van der Waals surface area contributed by atoms with E-state index in [2.05, 4.69) is 26.0 Å². The number of halogens is 2. The summed E-state index contributed by atoms with van der Waals surface area (Å²) in [4.78, 5) is 24.1. The Balaban J connectivity index is 2.32. The van der Waals surface area contributed by atoms with E-state index in [1.807, 2.05) is 0 Å².